The minimum atomic E-state index is -0.275. The smallest absolute Gasteiger partial charge is 0.165 e. The number of hydrogen-bond acceptors (Lipinski definition) is 1. The Bertz CT molecular complexity index is 294. The molecule has 0 aliphatic heterocycles. The summed E-state index contributed by atoms with van der Waals surface area (Å²) in [7, 11) is 0. The minimum absolute atomic E-state index is 0.275. The molecule has 14 heavy (non-hydrogen) atoms. The molecule has 0 bridgehead atoms. The molecule has 0 atom stereocenters. The molecular formula is C12H17FO. The molecule has 0 aliphatic carbocycles. The van der Waals surface area contributed by atoms with Crippen LogP contribution in [0.2, 0.25) is 0 Å². The van der Waals surface area contributed by atoms with E-state index < -0.39 is 0 Å². The van der Waals surface area contributed by atoms with E-state index in [2.05, 4.69) is 13.8 Å². The highest BCUT2D eigenvalue weighted by Gasteiger charge is 2.06. The summed E-state index contributed by atoms with van der Waals surface area (Å²) in [5.74, 6) is 0.500. The van der Waals surface area contributed by atoms with Crippen molar-refractivity contribution in [3.63, 3.8) is 0 Å². The van der Waals surface area contributed by atoms with Gasteiger partial charge in [0.2, 0.25) is 0 Å². The van der Waals surface area contributed by atoms with Crippen LogP contribution in [0.1, 0.15) is 38.7 Å². The van der Waals surface area contributed by atoms with Crippen LogP contribution in [0.3, 0.4) is 0 Å². The van der Waals surface area contributed by atoms with Crippen molar-refractivity contribution >= 4 is 0 Å². The number of benzene rings is 1. The lowest BCUT2D eigenvalue weighted by Crippen LogP contribution is -1.99. The van der Waals surface area contributed by atoms with Crippen molar-refractivity contribution in [2.24, 2.45) is 0 Å². The predicted molar refractivity (Wildman–Crippen MR) is 56.3 cm³/mol. The lowest BCUT2D eigenvalue weighted by Gasteiger charge is -2.10. The van der Waals surface area contributed by atoms with Gasteiger partial charge in [0, 0.05) is 0 Å². The number of rotatable bonds is 4. The molecule has 1 nitrogen and oxygen atoms in total. The third-order valence-corrected chi connectivity index (χ3v) is 2.08. The molecule has 0 aliphatic rings. The maximum absolute atomic E-state index is 13.2. The van der Waals surface area contributed by atoms with Crippen LogP contribution in [0.25, 0.3) is 0 Å². The van der Waals surface area contributed by atoms with E-state index in [1.807, 2.05) is 6.92 Å². The first-order chi connectivity index (χ1) is 6.65. The van der Waals surface area contributed by atoms with Crippen LogP contribution in [0.15, 0.2) is 18.2 Å². The van der Waals surface area contributed by atoms with Gasteiger partial charge in [-0.15, -0.1) is 0 Å². The third-order valence-electron chi connectivity index (χ3n) is 2.08. The first kappa shape index (κ1) is 11.0. The van der Waals surface area contributed by atoms with E-state index in [4.69, 9.17) is 4.74 Å². The second-order valence-corrected chi connectivity index (χ2v) is 3.69. The predicted octanol–water partition coefficient (Wildman–Crippen LogP) is 3.74. The fraction of sp³-hybridized carbons (Fsp3) is 0.500. The van der Waals surface area contributed by atoms with Crippen molar-refractivity contribution < 1.29 is 9.13 Å². The number of hydrogen-bond donors (Lipinski definition) is 0. The quantitative estimate of drug-likeness (QED) is 0.712. The molecule has 0 unspecified atom stereocenters. The fourth-order valence-corrected chi connectivity index (χ4v) is 1.20. The Morgan fingerprint density at radius 3 is 2.64 bits per heavy atom. The molecule has 1 aromatic rings. The van der Waals surface area contributed by atoms with Crippen LogP contribution < -0.4 is 4.74 Å². The van der Waals surface area contributed by atoms with Gasteiger partial charge >= 0.3 is 0 Å². The van der Waals surface area contributed by atoms with Crippen LogP contribution in [-0.2, 0) is 0 Å². The van der Waals surface area contributed by atoms with E-state index >= 15 is 0 Å². The largest absolute Gasteiger partial charge is 0.491 e. The van der Waals surface area contributed by atoms with Crippen molar-refractivity contribution in [3.05, 3.63) is 29.6 Å². The normalized spacial score (nSPS) is 10.6. The maximum Gasteiger partial charge on any atom is 0.165 e. The van der Waals surface area contributed by atoms with Crippen LogP contribution >= 0.6 is 0 Å². The highest BCUT2D eigenvalue weighted by Crippen LogP contribution is 2.23. The van der Waals surface area contributed by atoms with Crippen LogP contribution in [0, 0.1) is 5.82 Å². The van der Waals surface area contributed by atoms with Gasteiger partial charge in [-0.3, -0.25) is 0 Å². The van der Waals surface area contributed by atoms with Gasteiger partial charge in [-0.1, -0.05) is 26.8 Å². The van der Waals surface area contributed by atoms with E-state index in [1.165, 1.54) is 6.07 Å². The van der Waals surface area contributed by atoms with E-state index in [0.29, 0.717) is 18.3 Å². The van der Waals surface area contributed by atoms with Crippen molar-refractivity contribution in [1.82, 2.24) is 0 Å². The molecule has 2 heteroatoms. The summed E-state index contributed by atoms with van der Waals surface area (Å²) in [5, 5.41) is 0. The molecule has 0 amide bonds. The topological polar surface area (TPSA) is 9.23 Å². The van der Waals surface area contributed by atoms with Crippen molar-refractivity contribution in [1.29, 1.82) is 0 Å². The highest BCUT2D eigenvalue weighted by atomic mass is 19.1. The molecule has 0 N–H and O–H groups in total. The van der Waals surface area contributed by atoms with Gasteiger partial charge in [-0.2, -0.15) is 0 Å². The molecule has 78 valence electrons. The Morgan fingerprint density at radius 1 is 1.36 bits per heavy atom. The fourth-order valence-electron chi connectivity index (χ4n) is 1.20. The Morgan fingerprint density at radius 2 is 2.07 bits per heavy atom. The van der Waals surface area contributed by atoms with Crippen molar-refractivity contribution in [2.75, 3.05) is 6.61 Å². The summed E-state index contributed by atoms with van der Waals surface area (Å²) in [6.07, 6.45) is 0.894. The van der Waals surface area contributed by atoms with E-state index in [9.17, 15) is 4.39 Å². The van der Waals surface area contributed by atoms with Crippen LogP contribution in [-0.4, -0.2) is 6.61 Å². The maximum atomic E-state index is 13.2. The standard InChI is InChI=1S/C12H17FO/c1-4-7-14-12-8-10(9(2)3)5-6-11(12)13/h5-6,8-9H,4,7H2,1-3H3. The van der Waals surface area contributed by atoms with Gasteiger partial charge in [0.25, 0.3) is 0 Å². The summed E-state index contributed by atoms with van der Waals surface area (Å²) in [6.45, 7) is 6.73. The molecule has 0 spiro atoms. The molecule has 1 rings (SSSR count). The van der Waals surface area contributed by atoms with Gasteiger partial charge in [-0.05, 0) is 30.0 Å². The molecular weight excluding hydrogens is 179 g/mol. The van der Waals surface area contributed by atoms with Gasteiger partial charge in [0.05, 0.1) is 6.61 Å². The molecule has 0 radical (unpaired) electrons. The Hall–Kier alpha value is -1.05. The van der Waals surface area contributed by atoms with E-state index in [0.717, 1.165) is 12.0 Å². The van der Waals surface area contributed by atoms with Gasteiger partial charge in [0.15, 0.2) is 11.6 Å². The summed E-state index contributed by atoms with van der Waals surface area (Å²) in [6, 6.07) is 5.06. The summed E-state index contributed by atoms with van der Waals surface area (Å²) in [5.41, 5.74) is 1.11. The van der Waals surface area contributed by atoms with Gasteiger partial charge in [0.1, 0.15) is 0 Å². The zero-order valence-electron chi connectivity index (χ0n) is 9.01. The lowest BCUT2D eigenvalue weighted by molar-refractivity contribution is 0.301. The van der Waals surface area contributed by atoms with E-state index in [1.54, 1.807) is 12.1 Å². The summed E-state index contributed by atoms with van der Waals surface area (Å²) >= 11 is 0. The molecule has 0 saturated heterocycles. The van der Waals surface area contributed by atoms with E-state index in [-0.39, 0.29) is 5.82 Å². The average molecular weight is 196 g/mol. The average Bonchev–Trinajstić information content (AvgIpc) is 2.16. The van der Waals surface area contributed by atoms with Gasteiger partial charge in [-0.25, -0.2) is 4.39 Å². The lowest BCUT2D eigenvalue weighted by atomic mass is 10.0. The van der Waals surface area contributed by atoms with Crippen molar-refractivity contribution in [3.8, 4) is 5.75 Å². The highest BCUT2D eigenvalue weighted by molar-refractivity contribution is 5.31. The number of halogens is 1. The summed E-state index contributed by atoms with van der Waals surface area (Å²) in [4.78, 5) is 0. The first-order valence-electron chi connectivity index (χ1n) is 5.07. The molecule has 0 heterocycles. The monoisotopic (exact) mass is 196 g/mol. The molecule has 0 saturated carbocycles. The van der Waals surface area contributed by atoms with Crippen LogP contribution in [0.5, 0.6) is 5.75 Å². The molecule has 1 aromatic carbocycles. The van der Waals surface area contributed by atoms with Crippen molar-refractivity contribution in [2.45, 2.75) is 33.1 Å². The van der Waals surface area contributed by atoms with Crippen LogP contribution in [0.4, 0.5) is 4.39 Å². The number of ether oxygens (including phenoxy) is 1. The Kier molecular flexibility index (Phi) is 3.93. The first-order valence-corrected chi connectivity index (χ1v) is 5.07. The zero-order chi connectivity index (χ0) is 10.6. The zero-order valence-corrected chi connectivity index (χ0v) is 9.01. The summed E-state index contributed by atoms with van der Waals surface area (Å²) < 4.78 is 18.5. The molecule has 0 aromatic heterocycles. The third kappa shape index (κ3) is 2.72. The Balaban J connectivity index is 2.85. The second-order valence-electron chi connectivity index (χ2n) is 3.69. The second kappa shape index (κ2) is 4.99. The van der Waals surface area contributed by atoms with Gasteiger partial charge < -0.3 is 4.74 Å². The SMILES string of the molecule is CCCOc1cc(C(C)C)ccc1F. The molecule has 0 fully saturated rings. The Labute approximate surface area is 84.9 Å². The minimum Gasteiger partial charge on any atom is -0.491 e.